The molecule has 0 spiro atoms. The van der Waals surface area contributed by atoms with E-state index in [0.29, 0.717) is 39.5 Å². The molecule has 3 aromatic carbocycles. The molecule has 0 radical (unpaired) electrons. The van der Waals surface area contributed by atoms with E-state index in [9.17, 15) is 15.0 Å². The molecular weight excluding hydrogens is 561 g/mol. The third-order valence-corrected chi connectivity index (χ3v) is 8.35. The number of aliphatic hydroxyl groups excluding tert-OH is 1. The highest BCUT2D eigenvalue weighted by Crippen LogP contribution is 2.47. The maximum atomic E-state index is 16.1. The average molecular weight is 595 g/mol. The second-order valence-corrected chi connectivity index (χ2v) is 11.2. The van der Waals surface area contributed by atoms with Crippen LogP contribution >= 0.6 is 0 Å². The normalized spacial score (nSPS) is 19.0. The first-order valence-corrected chi connectivity index (χ1v) is 13.7. The van der Waals surface area contributed by atoms with Crippen molar-refractivity contribution in [1.82, 2.24) is 9.97 Å². The Balaban J connectivity index is 1.76. The largest absolute Gasteiger partial charge is 0.393 e. The number of halogens is 3. The lowest BCUT2D eigenvalue weighted by Gasteiger charge is -2.34. The van der Waals surface area contributed by atoms with E-state index in [-0.39, 0.29) is 11.5 Å². The van der Waals surface area contributed by atoms with Gasteiger partial charge >= 0.3 is 5.92 Å². The minimum Gasteiger partial charge on any atom is -0.393 e. The molecule has 1 amide bonds. The summed E-state index contributed by atoms with van der Waals surface area (Å²) >= 11 is 0. The maximum Gasteiger partial charge on any atom is 0.306 e. The molecule has 2 heterocycles. The third-order valence-electron chi connectivity index (χ3n) is 8.35. The lowest BCUT2D eigenvalue weighted by molar-refractivity contribution is -0.197. The summed E-state index contributed by atoms with van der Waals surface area (Å²) in [5.41, 5.74) is -2.89. The zero-order chi connectivity index (χ0) is 31.5. The number of carbonyl (C=O) groups excluding carboxylic acids is 1. The Labute approximate surface area is 247 Å². The summed E-state index contributed by atoms with van der Waals surface area (Å²) in [4.78, 5) is 25.7. The number of aryl methyl sites for hydroxylation is 1. The molecule has 1 aromatic heterocycles. The average Bonchev–Trinajstić information content (AvgIpc) is 3.17. The standard InChI is InChI=1S/C32H33F3N4O4/c1-18(21-13-10-14-23(27(21)33)32(34,35)30(3,42)17-40)39(20-11-8-7-9-12-20)28-22-15-26-24(16-25(22)36-19(2)37-28)31(4,43-6)29(41)38(26)5/h7-16,18,40,42H,17H2,1-6H3/t18-,30-,31-/m1/s1. The lowest BCUT2D eigenvalue weighted by atomic mass is 9.89. The van der Waals surface area contributed by atoms with E-state index in [1.165, 1.54) is 24.1 Å². The van der Waals surface area contributed by atoms with E-state index in [0.717, 1.165) is 13.0 Å². The number of hydrogen-bond acceptors (Lipinski definition) is 7. The Morgan fingerprint density at radius 3 is 2.42 bits per heavy atom. The Bertz CT molecular complexity index is 1720. The van der Waals surface area contributed by atoms with Crippen molar-refractivity contribution >= 4 is 34.0 Å². The molecule has 0 fully saturated rings. The lowest BCUT2D eigenvalue weighted by Crippen LogP contribution is -2.47. The van der Waals surface area contributed by atoms with Crippen molar-refractivity contribution in [2.45, 2.75) is 50.9 Å². The summed E-state index contributed by atoms with van der Waals surface area (Å²) in [5, 5.41) is 20.2. The van der Waals surface area contributed by atoms with Crippen LogP contribution in [0, 0.1) is 12.7 Å². The number of likely N-dealkylation sites (N-methyl/N-ethyl adjacent to an activating group) is 1. The molecule has 8 nitrogen and oxygen atoms in total. The van der Waals surface area contributed by atoms with Crippen LogP contribution in [0.1, 0.15) is 49.3 Å². The van der Waals surface area contributed by atoms with Crippen LogP contribution in [0.3, 0.4) is 0 Å². The highest BCUT2D eigenvalue weighted by molar-refractivity contribution is 6.09. The highest BCUT2D eigenvalue weighted by atomic mass is 19.3. The van der Waals surface area contributed by atoms with Crippen molar-refractivity contribution in [3.8, 4) is 0 Å². The number of amides is 1. The monoisotopic (exact) mass is 594 g/mol. The third kappa shape index (κ3) is 4.62. The molecule has 5 rings (SSSR count). The molecule has 0 aliphatic carbocycles. The van der Waals surface area contributed by atoms with Gasteiger partial charge in [0.1, 0.15) is 17.5 Å². The highest BCUT2D eigenvalue weighted by Gasteiger charge is 2.52. The number of fused-ring (bicyclic) bond motifs is 2. The summed E-state index contributed by atoms with van der Waals surface area (Å²) in [6.07, 6.45) is 0. The summed E-state index contributed by atoms with van der Waals surface area (Å²) < 4.78 is 52.3. The SMILES string of the molecule is CO[C@@]1(C)C(=O)N(C)c2cc3c(N(c4ccccc4)[C@H](C)c4cccc(C(F)(F)[C@](C)(O)CO)c4F)nc(C)nc3cc21. The van der Waals surface area contributed by atoms with Gasteiger partial charge in [-0.3, -0.25) is 4.79 Å². The van der Waals surface area contributed by atoms with Gasteiger partial charge in [0.2, 0.25) is 0 Å². The molecule has 1 aliphatic heterocycles. The molecule has 0 unspecified atom stereocenters. The van der Waals surface area contributed by atoms with Gasteiger partial charge in [-0.15, -0.1) is 0 Å². The van der Waals surface area contributed by atoms with Crippen molar-refractivity contribution in [2.24, 2.45) is 0 Å². The number of aromatic nitrogens is 2. The first kappa shape index (κ1) is 30.4. The van der Waals surface area contributed by atoms with Gasteiger partial charge in [-0.25, -0.2) is 14.4 Å². The number of alkyl halides is 2. The van der Waals surface area contributed by atoms with Crippen LogP contribution in [0.25, 0.3) is 10.9 Å². The molecule has 2 N–H and O–H groups in total. The zero-order valence-electron chi connectivity index (χ0n) is 24.7. The molecule has 0 saturated heterocycles. The predicted octanol–water partition coefficient (Wildman–Crippen LogP) is 5.65. The molecule has 3 atom stereocenters. The molecule has 1 aliphatic rings. The summed E-state index contributed by atoms with van der Waals surface area (Å²) in [5.74, 6) is -4.80. The van der Waals surface area contributed by atoms with Gasteiger partial charge in [0, 0.05) is 36.4 Å². The van der Waals surface area contributed by atoms with Gasteiger partial charge in [-0.1, -0.05) is 30.3 Å². The van der Waals surface area contributed by atoms with Crippen LogP contribution < -0.4 is 9.80 Å². The summed E-state index contributed by atoms with van der Waals surface area (Å²) in [6.45, 7) is 4.53. The second kappa shape index (κ2) is 10.6. The summed E-state index contributed by atoms with van der Waals surface area (Å²) in [6, 6.07) is 15.2. The van der Waals surface area contributed by atoms with Crippen LogP contribution in [0.15, 0.2) is 60.7 Å². The van der Waals surface area contributed by atoms with E-state index in [2.05, 4.69) is 4.98 Å². The Morgan fingerprint density at radius 1 is 1.12 bits per heavy atom. The molecule has 11 heteroatoms. The number of methoxy groups -OCH3 is 1. The number of ether oxygens (including phenoxy) is 1. The van der Waals surface area contributed by atoms with E-state index in [4.69, 9.17) is 9.72 Å². The van der Waals surface area contributed by atoms with Crippen LogP contribution in [-0.4, -0.2) is 52.5 Å². The molecular formula is C32H33F3N4O4. The van der Waals surface area contributed by atoms with E-state index < -0.39 is 41.2 Å². The van der Waals surface area contributed by atoms with Crippen molar-refractivity contribution in [3.63, 3.8) is 0 Å². The fourth-order valence-corrected chi connectivity index (χ4v) is 5.61. The quantitative estimate of drug-likeness (QED) is 0.272. The van der Waals surface area contributed by atoms with E-state index in [1.54, 1.807) is 69.1 Å². The number of rotatable bonds is 8. The molecule has 0 bridgehead atoms. The van der Waals surface area contributed by atoms with Crippen LogP contribution in [-0.2, 0) is 21.1 Å². The first-order chi connectivity index (χ1) is 20.2. The first-order valence-electron chi connectivity index (χ1n) is 13.7. The number of hydrogen-bond donors (Lipinski definition) is 2. The van der Waals surface area contributed by atoms with Gasteiger partial charge in [-0.05, 0) is 58.0 Å². The number of benzene rings is 3. The van der Waals surface area contributed by atoms with Crippen LogP contribution in [0.2, 0.25) is 0 Å². The van der Waals surface area contributed by atoms with Gasteiger partial charge in [0.15, 0.2) is 11.2 Å². The Hall–Kier alpha value is -4.06. The smallest absolute Gasteiger partial charge is 0.306 e. The van der Waals surface area contributed by atoms with Crippen molar-refractivity contribution < 1.29 is 32.9 Å². The topological polar surface area (TPSA) is 99.0 Å². The van der Waals surface area contributed by atoms with Gasteiger partial charge in [0.05, 0.1) is 29.4 Å². The molecule has 0 saturated carbocycles. The van der Waals surface area contributed by atoms with Gasteiger partial charge in [-0.2, -0.15) is 8.78 Å². The maximum absolute atomic E-state index is 16.1. The summed E-state index contributed by atoms with van der Waals surface area (Å²) in [7, 11) is 3.11. The number of carbonyl (C=O) groups is 1. The Kier molecular flexibility index (Phi) is 7.48. The van der Waals surface area contributed by atoms with Gasteiger partial charge in [0.25, 0.3) is 5.91 Å². The fourth-order valence-electron chi connectivity index (χ4n) is 5.61. The predicted molar refractivity (Wildman–Crippen MR) is 157 cm³/mol. The van der Waals surface area contributed by atoms with Crippen molar-refractivity contribution in [3.05, 3.63) is 89.0 Å². The number of para-hydroxylation sites is 1. The molecule has 4 aromatic rings. The molecule has 226 valence electrons. The van der Waals surface area contributed by atoms with Crippen molar-refractivity contribution in [1.29, 1.82) is 0 Å². The molecule has 43 heavy (non-hydrogen) atoms. The number of anilines is 3. The van der Waals surface area contributed by atoms with E-state index >= 15 is 13.2 Å². The minimum atomic E-state index is -4.09. The van der Waals surface area contributed by atoms with Crippen LogP contribution in [0.5, 0.6) is 0 Å². The fraction of sp³-hybridized carbons (Fsp3) is 0.344. The number of nitrogens with zero attached hydrogens (tertiary/aromatic N) is 4. The van der Waals surface area contributed by atoms with Crippen molar-refractivity contribution in [2.75, 3.05) is 30.6 Å². The van der Waals surface area contributed by atoms with E-state index in [1.807, 2.05) is 6.07 Å². The second-order valence-electron chi connectivity index (χ2n) is 11.2. The number of aliphatic hydroxyl groups is 2. The van der Waals surface area contributed by atoms with Crippen LogP contribution in [0.4, 0.5) is 30.4 Å². The minimum absolute atomic E-state index is 0.0837. The zero-order valence-corrected chi connectivity index (χ0v) is 24.7. The van der Waals surface area contributed by atoms with Gasteiger partial charge < -0.3 is 24.7 Å². The Morgan fingerprint density at radius 2 is 1.79 bits per heavy atom.